The molecule has 0 spiro atoms. The van der Waals surface area contributed by atoms with Gasteiger partial charge in [-0.05, 0) is 37.6 Å². The molecule has 102 valence electrons. The molecule has 4 nitrogen and oxygen atoms in total. The van der Waals surface area contributed by atoms with Crippen molar-refractivity contribution in [2.75, 3.05) is 29.9 Å². The molecule has 3 rings (SSSR count). The first-order valence-electron chi connectivity index (χ1n) is 6.80. The Morgan fingerprint density at radius 3 is 3.05 bits per heavy atom. The molecule has 1 amide bonds. The first-order valence-corrected chi connectivity index (χ1v) is 7.59. The van der Waals surface area contributed by atoms with E-state index < -0.39 is 0 Å². The third kappa shape index (κ3) is 2.92. The number of anilines is 2. The maximum atomic E-state index is 11.8. The fraction of sp³-hybridized carbons (Fsp3) is 0.500. The Bertz CT molecular complexity index is 486. The molecule has 0 radical (unpaired) electrons. The van der Waals surface area contributed by atoms with Gasteiger partial charge in [0.05, 0.1) is 17.9 Å². The highest BCUT2D eigenvalue weighted by Crippen LogP contribution is 2.32. The summed E-state index contributed by atoms with van der Waals surface area (Å²) >= 11 is 3.45. The standard InChI is InChI=1S/C14H18BrN3O/c15-10-4-5-13-12(7-10)17-14(19)9-18(13)8-11-3-1-2-6-16-11/h4-5,7,11,16H,1-3,6,8-9H2,(H,17,19). The van der Waals surface area contributed by atoms with E-state index in [-0.39, 0.29) is 5.91 Å². The lowest BCUT2D eigenvalue weighted by Gasteiger charge is -2.35. The molecule has 0 aromatic heterocycles. The predicted molar refractivity (Wildman–Crippen MR) is 80.6 cm³/mol. The average molecular weight is 324 g/mol. The Kier molecular flexibility index (Phi) is 3.75. The number of amides is 1. The minimum Gasteiger partial charge on any atom is -0.359 e. The Morgan fingerprint density at radius 2 is 2.26 bits per heavy atom. The molecule has 0 bridgehead atoms. The van der Waals surface area contributed by atoms with Crippen LogP contribution in [0.25, 0.3) is 0 Å². The summed E-state index contributed by atoms with van der Waals surface area (Å²) in [6.45, 7) is 2.45. The number of rotatable bonds is 2. The second-order valence-electron chi connectivity index (χ2n) is 5.24. The Hall–Kier alpha value is -1.07. The van der Waals surface area contributed by atoms with E-state index in [1.54, 1.807) is 0 Å². The molecule has 1 aromatic carbocycles. The number of carbonyl (C=O) groups excluding carboxylic acids is 1. The quantitative estimate of drug-likeness (QED) is 0.878. The van der Waals surface area contributed by atoms with Crippen molar-refractivity contribution >= 4 is 33.2 Å². The van der Waals surface area contributed by atoms with E-state index >= 15 is 0 Å². The summed E-state index contributed by atoms with van der Waals surface area (Å²) < 4.78 is 0.990. The number of hydrogen-bond donors (Lipinski definition) is 2. The zero-order valence-corrected chi connectivity index (χ0v) is 12.4. The van der Waals surface area contributed by atoms with Crippen LogP contribution in [0.1, 0.15) is 19.3 Å². The van der Waals surface area contributed by atoms with Crippen molar-refractivity contribution in [3.63, 3.8) is 0 Å². The normalized spacial score (nSPS) is 22.9. The number of halogens is 1. The molecule has 19 heavy (non-hydrogen) atoms. The van der Waals surface area contributed by atoms with E-state index in [0.29, 0.717) is 12.6 Å². The van der Waals surface area contributed by atoms with Gasteiger partial charge < -0.3 is 15.5 Å². The smallest absolute Gasteiger partial charge is 0.243 e. The van der Waals surface area contributed by atoms with Gasteiger partial charge in [-0.3, -0.25) is 4.79 Å². The zero-order valence-electron chi connectivity index (χ0n) is 10.8. The minimum atomic E-state index is 0.0707. The SMILES string of the molecule is O=C1CN(CC2CCCCN2)c2ccc(Br)cc2N1. The van der Waals surface area contributed by atoms with Crippen LogP contribution in [0, 0.1) is 0 Å². The highest BCUT2D eigenvalue weighted by Gasteiger charge is 2.25. The molecule has 2 aliphatic rings. The molecule has 2 heterocycles. The van der Waals surface area contributed by atoms with E-state index in [1.807, 2.05) is 12.1 Å². The Morgan fingerprint density at radius 1 is 1.37 bits per heavy atom. The lowest BCUT2D eigenvalue weighted by atomic mass is 10.0. The summed E-state index contributed by atoms with van der Waals surface area (Å²) in [5.74, 6) is 0.0707. The molecule has 0 saturated carbocycles. The van der Waals surface area contributed by atoms with Gasteiger partial charge in [0.15, 0.2) is 0 Å². The Labute approximate surface area is 121 Å². The highest BCUT2D eigenvalue weighted by molar-refractivity contribution is 9.10. The molecule has 2 N–H and O–H groups in total. The largest absolute Gasteiger partial charge is 0.359 e. The van der Waals surface area contributed by atoms with Gasteiger partial charge >= 0.3 is 0 Å². The van der Waals surface area contributed by atoms with Crippen molar-refractivity contribution in [3.05, 3.63) is 22.7 Å². The van der Waals surface area contributed by atoms with Crippen molar-refractivity contribution in [2.45, 2.75) is 25.3 Å². The number of nitrogens with one attached hydrogen (secondary N) is 2. The van der Waals surface area contributed by atoms with E-state index in [4.69, 9.17) is 0 Å². The zero-order chi connectivity index (χ0) is 13.2. The summed E-state index contributed by atoms with van der Waals surface area (Å²) in [5.41, 5.74) is 2.02. The van der Waals surface area contributed by atoms with Crippen LogP contribution in [0.5, 0.6) is 0 Å². The fourth-order valence-corrected chi connectivity index (χ4v) is 3.20. The lowest BCUT2D eigenvalue weighted by Crippen LogP contribution is -2.47. The van der Waals surface area contributed by atoms with Crippen molar-refractivity contribution in [3.8, 4) is 0 Å². The van der Waals surface area contributed by atoms with Crippen LogP contribution in [0.3, 0.4) is 0 Å². The maximum Gasteiger partial charge on any atom is 0.243 e. The van der Waals surface area contributed by atoms with Crippen LogP contribution < -0.4 is 15.5 Å². The number of hydrogen-bond acceptors (Lipinski definition) is 3. The van der Waals surface area contributed by atoms with Gasteiger partial charge in [-0.2, -0.15) is 0 Å². The molecule has 0 aliphatic carbocycles. The van der Waals surface area contributed by atoms with Gasteiger partial charge in [-0.25, -0.2) is 0 Å². The molecule has 2 aliphatic heterocycles. The van der Waals surface area contributed by atoms with Crippen molar-refractivity contribution in [1.29, 1.82) is 0 Å². The van der Waals surface area contributed by atoms with E-state index in [9.17, 15) is 4.79 Å². The van der Waals surface area contributed by atoms with Gasteiger partial charge in [0, 0.05) is 17.1 Å². The first kappa shape index (κ1) is 12.9. The molecule has 1 aromatic rings. The summed E-state index contributed by atoms with van der Waals surface area (Å²) in [5, 5.41) is 6.48. The molecular weight excluding hydrogens is 306 g/mol. The molecule has 1 unspecified atom stereocenters. The van der Waals surface area contributed by atoms with E-state index in [2.05, 4.69) is 37.5 Å². The topological polar surface area (TPSA) is 44.4 Å². The third-order valence-electron chi connectivity index (χ3n) is 3.76. The molecule has 1 saturated heterocycles. The van der Waals surface area contributed by atoms with Gasteiger partial charge in [0.2, 0.25) is 5.91 Å². The molecular formula is C14H18BrN3O. The number of piperidine rings is 1. The van der Waals surface area contributed by atoms with Crippen molar-refractivity contribution in [2.24, 2.45) is 0 Å². The summed E-state index contributed by atoms with van der Waals surface area (Å²) in [6.07, 6.45) is 3.75. The summed E-state index contributed by atoms with van der Waals surface area (Å²) in [6, 6.07) is 6.56. The second kappa shape index (κ2) is 5.51. The number of fused-ring (bicyclic) bond motifs is 1. The summed E-state index contributed by atoms with van der Waals surface area (Å²) in [4.78, 5) is 14.0. The van der Waals surface area contributed by atoms with E-state index in [0.717, 1.165) is 28.9 Å². The van der Waals surface area contributed by atoms with Crippen LogP contribution in [-0.2, 0) is 4.79 Å². The Balaban J connectivity index is 1.80. The highest BCUT2D eigenvalue weighted by atomic mass is 79.9. The maximum absolute atomic E-state index is 11.8. The number of carbonyl (C=O) groups is 1. The van der Waals surface area contributed by atoms with Crippen LogP contribution in [0.4, 0.5) is 11.4 Å². The van der Waals surface area contributed by atoms with E-state index in [1.165, 1.54) is 19.3 Å². The number of benzene rings is 1. The van der Waals surface area contributed by atoms with Crippen LogP contribution in [0.2, 0.25) is 0 Å². The van der Waals surface area contributed by atoms with Gasteiger partial charge in [0.1, 0.15) is 0 Å². The summed E-state index contributed by atoms with van der Waals surface area (Å²) in [7, 11) is 0. The fourth-order valence-electron chi connectivity index (χ4n) is 2.84. The molecule has 1 atom stereocenters. The molecule has 5 heteroatoms. The predicted octanol–water partition coefficient (Wildman–Crippen LogP) is 2.35. The van der Waals surface area contributed by atoms with Crippen molar-refractivity contribution < 1.29 is 4.79 Å². The van der Waals surface area contributed by atoms with Gasteiger partial charge in [-0.15, -0.1) is 0 Å². The van der Waals surface area contributed by atoms with Crippen molar-refractivity contribution in [1.82, 2.24) is 5.32 Å². The lowest BCUT2D eigenvalue weighted by molar-refractivity contribution is -0.115. The minimum absolute atomic E-state index is 0.0707. The monoisotopic (exact) mass is 323 g/mol. The van der Waals surface area contributed by atoms with Crippen LogP contribution in [0.15, 0.2) is 22.7 Å². The number of nitrogens with zero attached hydrogens (tertiary/aromatic N) is 1. The van der Waals surface area contributed by atoms with Gasteiger partial charge in [-0.1, -0.05) is 22.4 Å². The first-order chi connectivity index (χ1) is 9.22. The third-order valence-corrected chi connectivity index (χ3v) is 4.25. The molecule has 1 fully saturated rings. The second-order valence-corrected chi connectivity index (χ2v) is 6.15. The van der Waals surface area contributed by atoms with Crippen LogP contribution >= 0.6 is 15.9 Å². The van der Waals surface area contributed by atoms with Crippen LogP contribution in [-0.4, -0.2) is 31.6 Å². The van der Waals surface area contributed by atoms with Gasteiger partial charge in [0.25, 0.3) is 0 Å². The average Bonchev–Trinajstić information content (AvgIpc) is 2.39.